The van der Waals surface area contributed by atoms with Crippen LogP contribution in [-0.4, -0.2) is 16.0 Å². The van der Waals surface area contributed by atoms with E-state index in [4.69, 9.17) is 11.0 Å². The average molecular weight is 414 g/mol. The van der Waals surface area contributed by atoms with Crippen LogP contribution in [-0.2, 0) is 5.60 Å². The molecule has 0 saturated heterocycles. The van der Waals surface area contributed by atoms with Crippen molar-refractivity contribution in [3.8, 4) is 16.5 Å². The number of amides is 1. The molecule has 0 bridgehead atoms. The number of carbonyl (C=O) groups excluding carboxylic acids is 1. The number of rotatable bonds is 5. The van der Waals surface area contributed by atoms with Crippen LogP contribution >= 0.6 is 11.3 Å². The summed E-state index contributed by atoms with van der Waals surface area (Å²) in [7, 11) is 0. The van der Waals surface area contributed by atoms with Gasteiger partial charge in [-0.25, -0.2) is 13.8 Å². The second-order valence-corrected chi connectivity index (χ2v) is 7.79. The van der Waals surface area contributed by atoms with Crippen LogP contribution in [0.3, 0.4) is 0 Å². The van der Waals surface area contributed by atoms with Crippen molar-refractivity contribution in [1.29, 1.82) is 5.26 Å². The molecule has 0 fully saturated rings. The summed E-state index contributed by atoms with van der Waals surface area (Å²) in [4.78, 5) is 16.0. The molecule has 0 unspecified atom stereocenters. The SMILES string of the molecule is CC(C)(O)c1cc(F)c(-c2cc(C(N)=O)c(Nc3cccc(C#N)n3)s2)c(F)c1. The van der Waals surface area contributed by atoms with Crippen molar-refractivity contribution in [1.82, 2.24) is 4.98 Å². The van der Waals surface area contributed by atoms with Crippen LogP contribution < -0.4 is 11.1 Å². The predicted octanol–water partition coefficient (Wildman–Crippen LogP) is 4.03. The van der Waals surface area contributed by atoms with Crippen molar-refractivity contribution >= 4 is 28.1 Å². The number of nitrogens with zero attached hydrogens (tertiary/aromatic N) is 2. The third-order valence-corrected chi connectivity index (χ3v) is 5.17. The van der Waals surface area contributed by atoms with E-state index in [-0.39, 0.29) is 38.1 Å². The van der Waals surface area contributed by atoms with Gasteiger partial charge in [-0.2, -0.15) is 5.26 Å². The molecular weight excluding hydrogens is 398 g/mol. The smallest absolute Gasteiger partial charge is 0.251 e. The van der Waals surface area contributed by atoms with E-state index in [9.17, 15) is 18.7 Å². The Kier molecular flexibility index (Phi) is 5.33. The maximum atomic E-state index is 14.7. The molecule has 1 aromatic carbocycles. The highest BCUT2D eigenvalue weighted by Crippen LogP contribution is 2.40. The van der Waals surface area contributed by atoms with E-state index >= 15 is 0 Å². The molecule has 9 heteroatoms. The number of halogens is 2. The molecule has 4 N–H and O–H groups in total. The largest absolute Gasteiger partial charge is 0.386 e. The van der Waals surface area contributed by atoms with Crippen molar-refractivity contribution in [2.75, 3.05) is 5.32 Å². The van der Waals surface area contributed by atoms with Gasteiger partial charge in [0.2, 0.25) is 0 Å². The van der Waals surface area contributed by atoms with Crippen molar-refractivity contribution in [3.05, 3.63) is 64.9 Å². The summed E-state index contributed by atoms with van der Waals surface area (Å²) < 4.78 is 29.3. The molecule has 0 aliphatic carbocycles. The van der Waals surface area contributed by atoms with Gasteiger partial charge < -0.3 is 16.2 Å². The Morgan fingerprint density at radius 1 is 1.28 bits per heavy atom. The van der Waals surface area contributed by atoms with Gasteiger partial charge in [0, 0.05) is 4.88 Å². The Morgan fingerprint density at radius 2 is 1.93 bits per heavy atom. The zero-order valence-corrected chi connectivity index (χ0v) is 16.3. The fourth-order valence-corrected chi connectivity index (χ4v) is 3.75. The average Bonchev–Trinajstić information content (AvgIpc) is 3.04. The highest BCUT2D eigenvalue weighted by molar-refractivity contribution is 7.20. The minimum atomic E-state index is -1.42. The molecule has 0 spiro atoms. The van der Waals surface area contributed by atoms with Crippen LogP contribution in [0.2, 0.25) is 0 Å². The molecule has 0 radical (unpaired) electrons. The first kappa shape index (κ1) is 20.4. The Morgan fingerprint density at radius 3 is 2.48 bits per heavy atom. The van der Waals surface area contributed by atoms with Crippen LogP contribution in [0.1, 0.15) is 35.5 Å². The fourth-order valence-electron chi connectivity index (χ4n) is 2.63. The number of benzene rings is 1. The number of carbonyl (C=O) groups is 1. The molecule has 1 amide bonds. The summed E-state index contributed by atoms with van der Waals surface area (Å²) in [6.45, 7) is 2.84. The molecule has 0 atom stereocenters. The van der Waals surface area contributed by atoms with Crippen molar-refractivity contribution < 1.29 is 18.7 Å². The van der Waals surface area contributed by atoms with Gasteiger partial charge in [-0.1, -0.05) is 6.07 Å². The lowest BCUT2D eigenvalue weighted by Gasteiger charge is -2.18. The van der Waals surface area contributed by atoms with Crippen LogP contribution in [0, 0.1) is 23.0 Å². The standard InChI is InChI=1S/C20H16F2N4O2S/c1-20(2,28)10-6-13(21)17(14(22)7-10)15-8-12(18(24)27)19(29-15)26-16-5-3-4-11(9-23)25-16/h3-8,28H,1-2H3,(H2,24,27)(H,25,26). The highest BCUT2D eigenvalue weighted by Gasteiger charge is 2.24. The molecule has 0 aliphatic heterocycles. The lowest BCUT2D eigenvalue weighted by molar-refractivity contribution is 0.0778. The summed E-state index contributed by atoms with van der Waals surface area (Å²) in [6, 6.07) is 9.96. The van der Waals surface area contributed by atoms with Gasteiger partial charge in [0.15, 0.2) is 0 Å². The number of hydrogen-bond acceptors (Lipinski definition) is 6. The minimum absolute atomic E-state index is 0.0273. The van der Waals surface area contributed by atoms with Gasteiger partial charge in [-0.15, -0.1) is 11.3 Å². The molecule has 6 nitrogen and oxygen atoms in total. The third kappa shape index (κ3) is 4.23. The lowest BCUT2D eigenvalue weighted by atomic mass is 9.96. The van der Waals surface area contributed by atoms with Gasteiger partial charge in [0.1, 0.15) is 34.2 Å². The second-order valence-electron chi connectivity index (χ2n) is 6.74. The van der Waals surface area contributed by atoms with E-state index < -0.39 is 23.1 Å². The van der Waals surface area contributed by atoms with Crippen molar-refractivity contribution in [3.63, 3.8) is 0 Å². The monoisotopic (exact) mass is 414 g/mol. The molecule has 3 rings (SSSR count). The zero-order valence-electron chi connectivity index (χ0n) is 15.5. The van der Waals surface area contributed by atoms with E-state index in [0.717, 1.165) is 23.5 Å². The Labute approximate surface area is 169 Å². The first-order valence-electron chi connectivity index (χ1n) is 8.40. The number of nitrogens with one attached hydrogen (secondary N) is 1. The topological polar surface area (TPSA) is 112 Å². The molecule has 2 heterocycles. The van der Waals surface area contributed by atoms with Gasteiger partial charge in [-0.3, -0.25) is 4.79 Å². The maximum absolute atomic E-state index is 14.7. The number of thiophene rings is 1. The minimum Gasteiger partial charge on any atom is -0.386 e. The summed E-state index contributed by atoms with van der Waals surface area (Å²) in [6.07, 6.45) is 0. The Hall–Kier alpha value is -3.35. The predicted molar refractivity (Wildman–Crippen MR) is 106 cm³/mol. The number of nitrogens with two attached hydrogens (primary N) is 1. The Bertz CT molecular complexity index is 1120. The summed E-state index contributed by atoms with van der Waals surface area (Å²) in [5, 5.41) is 22.0. The summed E-state index contributed by atoms with van der Waals surface area (Å²) >= 11 is 0.914. The third-order valence-electron chi connectivity index (χ3n) is 4.10. The fraction of sp³-hybridized carbons (Fsp3) is 0.150. The molecule has 29 heavy (non-hydrogen) atoms. The first-order valence-corrected chi connectivity index (χ1v) is 9.22. The lowest BCUT2D eigenvalue weighted by Crippen LogP contribution is -2.16. The number of nitriles is 1. The Balaban J connectivity index is 2.08. The van der Waals surface area contributed by atoms with Crippen molar-refractivity contribution in [2.45, 2.75) is 19.4 Å². The molecule has 2 aromatic heterocycles. The van der Waals surface area contributed by atoms with Crippen LogP contribution in [0.4, 0.5) is 19.6 Å². The molecular formula is C20H16F2N4O2S. The second kappa shape index (κ2) is 7.58. The number of anilines is 2. The first-order chi connectivity index (χ1) is 13.6. The van der Waals surface area contributed by atoms with Crippen LogP contribution in [0.5, 0.6) is 0 Å². The highest BCUT2D eigenvalue weighted by atomic mass is 32.1. The normalized spacial score (nSPS) is 11.2. The van der Waals surface area contributed by atoms with Gasteiger partial charge >= 0.3 is 0 Å². The number of aromatic nitrogens is 1. The van der Waals surface area contributed by atoms with E-state index in [1.165, 1.54) is 26.0 Å². The van der Waals surface area contributed by atoms with E-state index in [0.29, 0.717) is 0 Å². The van der Waals surface area contributed by atoms with Gasteiger partial charge in [0.25, 0.3) is 5.91 Å². The van der Waals surface area contributed by atoms with Crippen LogP contribution in [0.15, 0.2) is 36.4 Å². The molecule has 0 saturated carbocycles. The van der Waals surface area contributed by atoms with Crippen LogP contribution in [0.25, 0.3) is 10.4 Å². The quantitative estimate of drug-likeness (QED) is 0.584. The van der Waals surface area contributed by atoms with E-state index in [1.807, 2.05) is 6.07 Å². The number of pyridine rings is 1. The summed E-state index contributed by atoms with van der Waals surface area (Å²) in [5.74, 6) is -2.27. The van der Waals surface area contributed by atoms with Gasteiger partial charge in [0.05, 0.1) is 16.7 Å². The van der Waals surface area contributed by atoms with E-state index in [2.05, 4.69) is 10.3 Å². The summed E-state index contributed by atoms with van der Waals surface area (Å²) in [5.41, 5.74) is 3.92. The maximum Gasteiger partial charge on any atom is 0.251 e. The molecule has 3 aromatic rings. The zero-order chi connectivity index (χ0) is 21.3. The molecule has 148 valence electrons. The number of hydrogen-bond donors (Lipinski definition) is 3. The number of aliphatic hydroxyl groups is 1. The van der Waals surface area contributed by atoms with Crippen molar-refractivity contribution in [2.24, 2.45) is 5.73 Å². The number of primary amides is 1. The van der Waals surface area contributed by atoms with Gasteiger partial charge in [-0.05, 0) is 49.7 Å². The molecule has 0 aliphatic rings. The van der Waals surface area contributed by atoms with E-state index in [1.54, 1.807) is 12.1 Å².